The number of halogens is 1. The molecule has 96 valence electrons. The number of aromatic nitrogens is 3. The Labute approximate surface area is 119 Å². The summed E-state index contributed by atoms with van der Waals surface area (Å²) in [6.07, 6.45) is 1.86. The highest BCUT2D eigenvalue weighted by molar-refractivity contribution is 9.10. The fraction of sp³-hybridized carbons (Fsp3) is 0.143. The molecule has 2 aromatic heterocycles. The minimum atomic E-state index is 0.359. The summed E-state index contributed by atoms with van der Waals surface area (Å²) < 4.78 is 8.34. The van der Waals surface area contributed by atoms with Crippen molar-refractivity contribution >= 4 is 21.6 Å². The first-order chi connectivity index (χ1) is 9.22. The Morgan fingerprint density at radius 1 is 1.26 bits per heavy atom. The van der Waals surface area contributed by atoms with Crippen LogP contribution in [0.1, 0.15) is 11.4 Å². The van der Waals surface area contributed by atoms with E-state index >= 15 is 0 Å². The van der Waals surface area contributed by atoms with E-state index in [2.05, 4.69) is 26.0 Å². The average molecular weight is 318 g/mol. The lowest BCUT2D eigenvalue weighted by atomic mass is 10.2. The smallest absolute Gasteiger partial charge is 0.189 e. The molecule has 2 heterocycles. The van der Waals surface area contributed by atoms with Crippen LogP contribution in [0.5, 0.6) is 5.75 Å². The minimum Gasteiger partial charge on any atom is -0.486 e. The van der Waals surface area contributed by atoms with E-state index in [4.69, 9.17) is 4.74 Å². The maximum atomic E-state index is 5.69. The van der Waals surface area contributed by atoms with Crippen LogP contribution in [0.3, 0.4) is 0 Å². The molecule has 5 heteroatoms. The van der Waals surface area contributed by atoms with Gasteiger partial charge in [0.15, 0.2) is 11.5 Å². The second-order valence-electron chi connectivity index (χ2n) is 4.26. The first-order valence-electron chi connectivity index (χ1n) is 5.91. The largest absolute Gasteiger partial charge is 0.486 e. The van der Waals surface area contributed by atoms with Crippen LogP contribution in [0.25, 0.3) is 5.65 Å². The van der Waals surface area contributed by atoms with Crippen LogP contribution in [0.4, 0.5) is 0 Å². The summed E-state index contributed by atoms with van der Waals surface area (Å²) in [7, 11) is 0. The lowest BCUT2D eigenvalue weighted by molar-refractivity contribution is 0.296. The number of hydrogen-bond donors (Lipinski definition) is 0. The highest BCUT2D eigenvalue weighted by atomic mass is 79.9. The fourth-order valence-corrected chi connectivity index (χ4v) is 2.26. The summed E-state index contributed by atoms with van der Waals surface area (Å²) in [6.45, 7) is 2.39. The van der Waals surface area contributed by atoms with Gasteiger partial charge in [0.1, 0.15) is 12.4 Å². The molecule has 0 N–H and O–H groups in total. The Morgan fingerprint density at radius 3 is 2.95 bits per heavy atom. The van der Waals surface area contributed by atoms with Gasteiger partial charge in [0, 0.05) is 6.20 Å². The van der Waals surface area contributed by atoms with Crippen LogP contribution in [-0.2, 0) is 6.61 Å². The molecule has 0 bridgehead atoms. The van der Waals surface area contributed by atoms with Crippen LogP contribution < -0.4 is 4.74 Å². The molecule has 0 aliphatic rings. The van der Waals surface area contributed by atoms with E-state index in [1.807, 2.05) is 49.5 Å². The molecular formula is C14H12BrN3O. The van der Waals surface area contributed by atoms with Gasteiger partial charge in [-0.15, -0.1) is 5.10 Å². The number of benzene rings is 1. The van der Waals surface area contributed by atoms with Gasteiger partial charge < -0.3 is 4.74 Å². The number of nitrogens with zero attached hydrogens (tertiary/aromatic N) is 3. The van der Waals surface area contributed by atoms with E-state index in [1.54, 1.807) is 4.52 Å². The third-order valence-electron chi connectivity index (χ3n) is 2.72. The van der Waals surface area contributed by atoms with Crippen LogP contribution >= 0.6 is 15.9 Å². The number of aryl methyl sites for hydroxylation is 1. The SMILES string of the molecule is Cc1cccc(OCc2nc3c(Br)cccn3n2)c1. The van der Waals surface area contributed by atoms with Crippen LogP contribution in [0.15, 0.2) is 47.1 Å². The van der Waals surface area contributed by atoms with E-state index < -0.39 is 0 Å². The molecule has 0 saturated carbocycles. The topological polar surface area (TPSA) is 39.4 Å². The van der Waals surface area contributed by atoms with Crippen molar-refractivity contribution in [1.29, 1.82) is 0 Å². The highest BCUT2D eigenvalue weighted by Gasteiger charge is 2.06. The summed E-state index contributed by atoms with van der Waals surface area (Å²) in [5, 5.41) is 4.36. The highest BCUT2D eigenvalue weighted by Crippen LogP contribution is 2.17. The summed E-state index contributed by atoms with van der Waals surface area (Å²) >= 11 is 3.45. The Balaban J connectivity index is 1.80. The monoisotopic (exact) mass is 317 g/mol. The predicted molar refractivity (Wildman–Crippen MR) is 76.2 cm³/mol. The Kier molecular flexibility index (Phi) is 3.21. The number of fused-ring (bicyclic) bond motifs is 1. The predicted octanol–water partition coefficient (Wildman–Crippen LogP) is 3.38. The Hall–Kier alpha value is -1.88. The minimum absolute atomic E-state index is 0.359. The van der Waals surface area contributed by atoms with Gasteiger partial charge >= 0.3 is 0 Å². The van der Waals surface area contributed by atoms with Crippen molar-refractivity contribution in [2.75, 3.05) is 0 Å². The van der Waals surface area contributed by atoms with Gasteiger partial charge in [-0.2, -0.15) is 0 Å². The first-order valence-corrected chi connectivity index (χ1v) is 6.71. The van der Waals surface area contributed by atoms with Crippen LogP contribution in [0.2, 0.25) is 0 Å². The second-order valence-corrected chi connectivity index (χ2v) is 5.11. The van der Waals surface area contributed by atoms with Gasteiger partial charge in [-0.3, -0.25) is 0 Å². The molecule has 4 nitrogen and oxygen atoms in total. The maximum absolute atomic E-state index is 5.69. The molecule has 0 spiro atoms. The van der Waals surface area contributed by atoms with Gasteiger partial charge in [-0.25, -0.2) is 9.50 Å². The van der Waals surface area contributed by atoms with Crippen molar-refractivity contribution in [2.24, 2.45) is 0 Å². The molecule has 0 amide bonds. The third-order valence-corrected chi connectivity index (χ3v) is 3.34. The summed E-state index contributed by atoms with van der Waals surface area (Å²) in [6, 6.07) is 11.8. The summed E-state index contributed by atoms with van der Waals surface area (Å²) in [5.74, 6) is 1.49. The molecule has 0 aliphatic heterocycles. The van der Waals surface area contributed by atoms with Crippen molar-refractivity contribution in [3.63, 3.8) is 0 Å². The van der Waals surface area contributed by atoms with Crippen molar-refractivity contribution in [3.05, 3.63) is 58.5 Å². The molecular weight excluding hydrogens is 306 g/mol. The van der Waals surface area contributed by atoms with Crippen LogP contribution in [-0.4, -0.2) is 14.6 Å². The van der Waals surface area contributed by atoms with E-state index in [9.17, 15) is 0 Å². The standard InChI is InChI=1S/C14H12BrN3O/c1-10-4-2-5-11(8-10)19-9-13-16-14-12(15)6-3-7-18(14)17-13/h2-8H,9H2,1H3. The van der Waals surface area contributed by atoms with Crippen molar-refractivity contribution in [1.82, 2.24) is 14.6 Å². The molecule has 0 saturated heterocycles. The average Bonchev–Trinajstić information content (AvgIpc) is 2.81. The van der Waals surface area contributed by atoms with E-state index in [-0.39, 0.29) is 0 Å². The van der Waals surface area contributed by atoms with E-state index in [0.717, 1.165) is 15.9 Å². The summed E-state index contributed by atoms with van der Waals surface area (Å²) in [4.78, 5) is 4.43. The Bertz CT molecular complexity index is 724. The van der Waals surface area contributed by atoms with Crippen molar-refractivity contribution < 1.29 is 4.74 Å². The molecule has 0 radical (unpaired) electrons. The first kappa shape index (κ1) is 12.2. The molecule has 1 aromatic carbocycles. The second kappa shape index (κ2) is 5.01. The lowest BCUT2D eigenvalue weighted by Crippen LogP contribution is -1.98. The normalized spacial score (nSPS) is 10.8. The quantitative estimate of drug-likeness (QED) is 0.743. The number of pyridine rings is 1. The lowest BCUT2D eigenvalue weighted by Gasteiger charge is -2.03. The zero-order valence-electron chi connectivity index (χ0n) is 10.4. The maximum Gasteiger partial charge on any atom is 0.189 e. The molecule has 0 aliphatic carbocycles. The van der Waals surface area contributed by atoms with Crippen LogP contribution in [0, 0.1) is 6.92 Å². The third kappa shape index (κ3) is 2.61. The van der Waals surface area contributed by atoms with Gasteiger partial charge in [0.2, 0.25) is 0 Å². The summed E-state index contributed by atoms with van der Waals surface area (Å²) in [5.41, 5.74) is 1.97. The Morgan fingerprint density at radius 2 is 2.16 bits per heavy atom. The zero-order chi connectivity index (χ0) is 13.2. The van der Waals surface area contributed by atoms with Gasteiger partial charge in [-0.05, 0) is 52.7 Å². The van der Waals surface area contributed by atoms with Gasteiger partial charge in [-0.1, -0.05) is 12.1 Å². The number of ether oxygens (including phenoxy) is 1. The van der Waals surface area contributed by atoms with Gasteiger partial charge in [0.05, 0.1) is 4.47 Å². The fourth-order valence-electron chi connectivity index (χ4n) is 1.83. The van der Waals surface area contributed by atoms with E-state index in [0.29, 0.717) is 12.4 Å². The van der Waals surface area contributed by atoms with Crippen molar-refractivity contribution in [3.8, 4) is 5.75 Å². The molecule has 3 rings (SSSR count). The van der Waals surface area contributed by atoms with Crippen molar-refractivity contribution in [2.45, 2.75) is 13.5 Å². The molecule has 0 unspecified atom stereocenters. The molecule has 19 heavy (non-hydrogen) atoms. The number of hydrogen-bond acceptors (Lipinski definition) is 3. The number of rotatable bonds is 3. The molecule has 3 aromatic rings. The molecule has 0 atom stereocenters. The van der Waals surface area contributed by atoms with E-state index in [1.165, 1.54) is 5.56 Å². The van der Waals surface area contributed by atoms with Gasteiger partial charge in [0.25, 0.3) is 0 Å². The molecule has 0 fully saturated rings. The zero-order valence-corrected chi connectivity index (χ0v) is 12.0.